The lowest BCUT2D eigenvalue weighted by Gasteiger charge is -2.14. The predicted octanol–water partition coefficient (Wildman–Crippen LogP) is 3.13. The minimum absolute atomic E-state index is 0.303. The van der Waals surface area contributed by atoms with Gasteiger partial charge in [-0.2, -0.15) is 0 Å². The smallest absolute Gasteiger partial charge is 0.195 e. The zero-order valence-electron chi connectivity index (χ0n) is 10.8. The molecule has 2 rings (SSSR count). The first-order valence-electron chi connectivity index (χ1n) is 6.33. The van der Waals surface area contributed by atoms with Crippen LogP contribution in [0.5, 0.6) is 0 Å². The van der Waals surface area contributed by atoms with Crippen molar-refractivity contribution in [2.24, 2.45) is 17.6 Å². The Labute approximate surface area is 106 Å². The SMILES string of the molecule is CC(C)CC(CN)Cc1nc2ccc(F)cc2o1. The second kappa shape index (κ2) is 5.48. The molecule has 0 aliphatic heterocycles. The van der Waals surface area contributed by atoms with Gasteiger partial charge in [-0.1, -0.05) is 13.8 Å². The van der Waals surface area contributed by atoms with Gasteiger partial charge in [0.05, 0.1) is 0 Å². The van der Waals surface area contributed by atoms with E-state index in [1.165, 1.54) is 12.1 Å². The number of fused-ring (bicyclic) bond motifs is 1. The van der Waals surface area contributed by atoms with Crippen molar-refractivity contribution in [3.05, 3.63) is 29.9 Å². The third-order valence-electron chi connectivity index (χ3n) is 3.00. The lowest BCUT2D eigenvalue weighted by molar-refractivity contribution is 0.380. The highest BCUT2D eigenvalue weighted by atomic mass is 19.1. The van der Waals surface area contributed by atoms with Crippen LogP contribution in [0.1, 0.15) is 26.2 Å². The van der Waals surface area contributed by atoms with Gasteiger partial charge in [-0.3, -0.25) is 0 Å². The number of nitrogens with zero attached hydrogens (tertiary/aromatic N) is 1. The molecular weight excluding hydrogens is 231 g/mol. The van der Waals surface area contributed by atoms with Crippen molar-refractivity contribution in [2.45, 2.75) is 26.7 Å². The molecule has 4 heteroatoms. The normalized spacial score (nSPS) is 13.4. The number of benzene rings is 1. The molecule has 0 radical (unpaired) electrons. The van der Waals surface area contributed by atoms with Crippen LogP contribution in [0.15, 0.2) is 22.6 Å². The quantitative estimate of drug-likeness (QED) is 0.887. The van der Waals surface area contributed by atoms with Crippen LogP contribution in [-0.4, -0.2) is 11.5 Å². The van der Waals surface area contributed by atoms with E-state index in [2.05, 4.69) is 18.8 Å². The van der Waals surface area contributed by atoms with Crippen molar-refractivity contribution < 1.29 is 8.81 Å². The Hall–Kier alpha value is -1.42. The van der Waals surface area contributed by atoms with Gasteiger partial charge in [0.2, 0.25) is 0 Å². The standard InChI is InChI=1S/C14H19FN2O/c1-9(2)5-10(8-16)6-14-17-12-4-3-11(15)7-13(12)18-14/h3-4,7,9-10H,5-6,8,16H2,1-2H3. The lowest BCUT2D eigenvalue weighted by atomic mass is 9.94. The first-order valence-corrected chi connectivity index (χ1v) is 6.33. The zero-order chi connectivity index (χ0) is 13.1. The monoisotopic (exact) mass is 250 g/mol. The van der Waals surface area contributed by atoms with Gasteiger partial charge in [0.25, 0.3) is 0 Å². The largest absolute Gasteiger partial charge is 0.441 e. The molecule has 2 aromatic rings. The van der Waals surface area contributed by atoms with Gasteiger partial charge in [-0.05, 0) is 36.9 Å². The van der Waals surface area contributed by atoms with Crippen LogP contribution in [0.2, 0.25) is 0 Å². The Balaban J connectivity index is 2.15. The van der Waals surface area contributed by atoms with E-state index in [1.54, 1.807) is 6.07 Å². The van der Waals surface area contributed by atoms with Crippen molar-refractivity contribution in [1.29, 1.82) is 0 Å². The number of hydrogen-bond donors (Lipinski definition) is 1. The van der Waals surface area contributed by atoms with Crippen LogP contribution in [0.3, 0.4) is 0 Å². The molecule has 1 atom stereocenters. The molecule has 0 aliphatic carbocycles. The second-order valence-corrected chi connectivity index (χ2v) is 5.16. The maximum Gasteiger partial charge on any atom is 0.195 e. The van der Waals surface area contributed by atoms with E-state index < -0.39 is 0 Å². The van der Waals surface area contributed by atoms with Crippen LogP contribution >= 0.6 is 0 Å². The summed E-state index contributed by atoms with van der Waals surface area (Å²) in [4.78, 5) is 4.36. The highest BCUT2D eigenvalue weighted by molar-refractivity contribution is 5.72. The van der Waals surface area contributed by atoms with Crippen LogP contribution in [0.4, 0.5) is 4.39 Å². The predicted molar refractivity (Wildman–Crippen MR) is 69.7 cm³/mol. The first-order chi connectivity index (χ1) is 8.58. The van der Waals surface area contributed by atoms with Gasteiger partial charge in [0, 0.05) is 12.5 Å². The molecule has 3 nitrogen and oxygen atoms in total. The third-order valence-corrected chi connectivity index (χ3v) is 3.00. The molecule has 2 N–H and O–H groups in total. The zero-order valence-corrected chi connectivity index (χ0v) is 10.8. The van der Waals surface area contributed by atoms with Crippen LogP contribution < -0.4 is 5.73 Å². The Morgan fingerprint density at radius 2 is 2.17 bits per heavy atom. The summed E-state index contributed by atoms with van der Waals surface area (Å²) in [5.74, 6) is 1.30. The molecule has 1 aromatic carbocycles. The van der Waals surface area contributed by atoms with Gasteiger partial charge < -0.3 is 10.2 Å². The highest BCUT2D eigenvalue weighted by Crippen LogP contribution is 2.21. The Bertz CT molecular complexity index is 521. The first kappa shape index (κ1) is 13.0. The molecule has 0 aliphatic rings. The van der Waals surface area contributed by atoms with Gasteiger partial charge in [0.15, 0.2) is 11.5 Å². The number of rotatable bonds is 5. The molecule has 0 bridgehead atoms. The number of hydrogen-bond acceptors (Lipinski definition) is 3. The highest BCUT2D eigenvalue weighted by Gasteiger charge is 2.14. The van der Waals surface area contributed by atoms with Gasteiger partial charge >= 0.3 is 0 Å². The van der Waals surface area contributed by atoms with Crippen LogP contribution in [0, 0.1) is 17.7 Å². The van der Waals surface area contributed by atoms with Crippen LogP contribution in [0.25, 0.3) is 11.1 Å². The van der Waals surface area contributed by atoms with Crippen molar-refractivity contribution in [1.82, 2.24) is 4.98 Å². The van der Waals surface area contributed by atoms with E-state index in [4.69, 9.17) is 10.2 Å². The van der Waals surface area contributed by atoms with Gasteiger partial charge in [0.1, 0.15) is 11.3 Å². The van der Waals surface area contributed by atoms with Crippen molar-refractivity contribution in [3.63, 3.8) is 0 Å². The second-order valence-electron chi connectivity index (χ2n) is 5.16. The summed E-state index contributed by atoms with van der Waals surface area (Å²) in [7, 11) is 0. The van der Waals surface area contributed by atoms with Crippen LogP contribution in [-0.2, 0) is 6.42 Å². The number of nitrogens with two attached hydrogens (primary N) is 1. The summed E-state index contributed by atoms with van der Waals surface area (Å²) >= 11 is 0. The van der Waals surface area contributed by atoms with Crippen molar-refractivity contribution >= 4 is 11.1 Å². The molecule has 0 saturated carbocycles. The fraction of sp³-hybridized carbons (Fsp3) is 0.500. The summed E-state index contributed by atoms with van der Waals surface area (Å²) in [5, 5.41) is 0. The topological polar surface area (TPSA) is 52.0 Å². The molecule has 1 aromatic heterocycles. The van der Waals surface area contributed by atoms with Gasteiger partial charge in [-0.15, -0.1) is 0 Å². The summed E-state index contributed by atoms with van der Waals surface area (Å²) in [5.41, 5.74) is 6.96. The Morgan fingerprint density at radius 1 is 1.39 bits per heavy atom. The third kappa shape index (κ3) is 3.07. The van der Waals surface area contributed by atoms with E-state index in [1.807, 2.05) is 0 Å². The molecule has 18 heavy (non-hydrogen) atoms. The summed E-state index contributed by atoms with van der Waals surface area (Å²) in [6, 6.07) is 4.40. The van der Waals surface area contributed by atoms with Crippen molar-refractivity contribution in [3.8, 4) is 0 Å². The molecule has 0 amide bonds. The Morgan fingerprint density at radius 3 is 2.83 bits per heavy atom. The number of aromatic nitrogens is 1. The molecule has 0 fully saturated rings. The molecular formula is C14H19FN2O. The summed E-state index contributed by atoms with van der Waals surface area (Å²) in [6.45, 7) is 4.96. The average molecular weight is 250 g/mol. The van der Waals surface area contributed by atoms with E-state index >= 15 is 0 Å². The maximum atomic E-state index is 13.0. The Kier molecular flexibility index (Phi) is 3.97. The minimum atomic E-state index is -0.303. The van der Waals surface area contributed by atoms with Gasteiger partial charge in [-0.25, -0.2) is 9.37 Å². The van der Waals surface area contributed by atoms with Crippen molar-refractivity contribution in [2.75, 3.05) is 6.54 Å². The molecule has 0 saturated heterocycles. The van der Waals surface area contributed by atoms with E-state index in [0.717, 1.165) is 6.42 Å². The number of oxazole rings is 1. The van der Waals surface area contributed by atoms with E-state index in [-0.39, 0.29) is 5.82 Å². The molecule has 0 spiro atoms. The minimum Gasteiger partial charge on any atom is -0.441 e. The fourth-order valence-electron chi connectivity index (χ4n) is 2.21. The maximum absolute atomic E-state index is 13.0. The molecule has 98 valence electrons. The fourth-order valence-corrected chi connectivity index (χ4v) is 2.21. The lowest BCUT2D eigenvalue weighted by Crippen LogP contribution is -2.18. The van der Waals surface area contributed by atoms with E-state index in [9.17, 15) is 4.39 Å². The molecule has 1 heterocycles. The summed E-state index contributed by atoms with van der Waals surface area (Å²) in [6.07, 6.45) is 1.76. The average Bonchev–Trinajstić information content (AvgIpc) is 2.68. The molecule has 1 unspecified atom stereocenters. The summed E-state index contributed by atoms with van der Waals surface area (Å²) < 4.78 is 18.6. The number of halogens is 1. The van der Waals surface area contributed by atoms with E-state index in [0.29, 0.717) is 41.8 Å².